The molecule has 2 fully saturated rings. The fourth-order valence-corrected chi connectivity index (χ4v) is 4.00. The first-order chi connectivity index (χ1) is 11.2. The van der Waals surface area contributed by atoms with Gasteiger partial charge in [-0.2, -0.15) is 0 Å². The molecule has 1 amide bonds. The first-order valence-corrected chi connectivity index (χ1v) is 8.61. The molecule has 8 nitrogen and oxygen atoms in total. The van der Waals surface area contributed by atoms with Gasteiger partial charge in [0.2, 0.25) is 5.91 Å². The number of piperidine rings is 1. The third-order valence-corrected chi connectivity index (χ3v) is 5.52. The molecule has 4 atom stereocenters. The van der Waals surface area contributed by atoms with E-state index in [9.17, 15) is 14.7 Å². The van der Waals surface area contributed by atoms with Crippen LogP contribution in [-0.2, 0) is 9.59 Å². The van der Waals surface area contributed by atoms with Gasteiger partial charge in [0.15, 0.2) is 0 Å². The predicted octanol–water partition coefficient (Wildman–Crippen LogP) is -1.13. The summed E-state index contributed by atoms with van der Waals surface area (Å²) in [5, 5.41) is 30.9. The number of carbonyl (C=O) groups excluding carboxylic acids is 1. The molecule has 2 aliphatic heterocycles. The summed E-state index contributed by atoms with van der Waals surface area (Å²) in [5.74, 6) is -1.28. The van der Waals surface area contributed by atoms with E-state index >= 15 is 0 Å². The highest BCUT2D eigenvalue weighted by atomic mass is 16.4. The fourth-order valence-electron chi connectivity index (χ4n) is 4.00. The standard InChI is InChI=1S/C15H28BN3O5/c1-9(2)12(17)13(20)19-7-5-15(14(21)22)10(11(19)8-18-15)4-3-6-16(23)24/h9-12,18,23-24H,3-8,17H2,1-2H3,(H,21,22)/t10?,11?,12?,15-/m1/s1. The Labute approximate surface area is 142 Å². The first-order valence-electron chi connectivity index (χ1n) is 8.61. The van der Waals surface area contributed by atoms with Crippen LogP contribution in [0.1, 0.15) is 33.1 Å². The van der Waals surface area contributed by atoms with E-state index < -0.39 is 24.7 Å². The molecule has 3 unspecified atom stereocenters. The molecule has 0 aromatic heterocycles. The molecule has 2 heterocycles. The molecule has 0 radical (unpaired) electrons. The molecule has 0 saturated carbocycles. The van der Waals surface area contributed by atoms with E-state index in [0.29, 0.717) is 32.4 Å². The topological polar surface area (TPSA) is 136 Å². The largest absolute Gasteiger partial charge is 0.480 e. The van der Waals surface area contributed by atoms with Crippen LogP contribution in [0.25, 0.3) is 0 Å². The Morgan fingerprint density at radius 2 is 2.08 bits per heavy atom. The average Bonchev–Trinajstić information content (AvgIpc) is 2.75. The quantitative estimate of drug-likeness (QED) is 0.370. The smallest absolute Gasteiger partial charge is 0.451 e. The molecule has 0 spiro atoms. The van der Waals surface area contributed by atoms with Crippen molar-refractivity contribution < 1.29 is 24.7 Å². The number of amides is 1. The molecule has 0 aromatic carbocycles. The van der Waals surface area contributed by atoms with Crippen molar-refractivity contribution in [3.05, 3.63) is 0 Å². The van der Waals surface area contributed by atoms with Gasteiger partial charge >= 0.3 is 13.1 Å². The number of hydrogen-bond acceptors (Lipinski definition) is 6. The number of fused-ring (bicyclic) bond motifs is 2. The Kier molecular flexibility index (Phi) is 5.90. The zero-order valence-electron chi connectivity index (χ0n) is 14.3. The Hall–Kier alpha value is -1.16. The number of carboxylic acids is 1. The van der Waals surface area contributed by atoms with Crippen LogP contribution < -0.4 is 11.1 Å². The van der Waals surface area contributed by atoms with Crippen LogP contribution >= 0.6 is 0 Å². The summed E-state index contributed by atoms with van der Waals surface area (Å²) in [6.07, 6.45) is 1.54. The lowest BCUT2D eigenvalue weighted by Crippen LogP contribution is -2.62. The van der Waals surface area contributed by atoms with Gasteiger partial charge in [-0.1, -0.05) is 20.3 Å². The summed E-state index contributed by atoms with van der Waals surface area (Å²) < 4.78 is 0. The van der Waals surface area contributed by atoms with Crippen molar-refractivity contribution in [1.82, 2.24) is 10.2 Å². The number of likely N-dealkylation sites (tertiary alicyclic amines) is 1. The van der Waals surface area contributed by atoms with E-state index in [4.69, 9.17) is 15.8 Å². The predicted molar refractivity (Wildman–Crippen MR) is 89.0 cm³/mol. The number of nitrogens with zero attached hydrogens (tertiary/aromatic N) is 1. The summed E-state index contributed by atoms with van der Waals surface area (Å²) in [6, 6.07) is -0.814. The minimum absolute atomic E-state index is 0.0148. The third-order valence-electron chi connectivity index (χ3n) is 5.52. The van der Waals surface area contributed by atoms with Crippen molar-refractivity contribution >= 4 is 19.0 Å². The maximum absolute atomic E-state index is 12.7. The highest BCUT2D eigenvalue weighted by Gasteiger charge is 2.58. The number of rotatable bonds is 7. The second-order valence-corrected chi connectivity index (χ2v) is 7.29. The first kappa shape index (κ1) is 19.2. The van der Waals surface area contributed by atoms with Gasteiger partial charge in [-0.25, -0.2) is 0 Å². The van der Waals surface area contributed by atoms with Crippen molar-refractivity contribution in [3.63, 3.8) is 0 Å². The Balaban J connectivity index is 2.17. The van der Waals surface area contributed by atoms with Gasteiger partial charge in [-0.15, -0.1) is 0 Å². The molecule has 2 saturated heterocycles. The van der Waals surface area contributed by atoms with Gasteiger partial charge in [0.25, 0.3) is 0 Å². The van der Waals surface area contributed by atoms with E-state index in [2.05, 4.69) is 5.32 Å². The SMILES string of the molecule is CC(C)C(N)C(=O)N1CC[C@@]2(C(=O)O)NCC1C2CCCB(O)O. The van der Waals surface area contributed by atoms with Crippen LogP contribution in [0.4, 0.5) is 0 Å². The molecule has 6 N–H and O–H groups in total. The number of aliphatic carboxylic acids is 1. The van der Waals surface area contributed by atoms with Crippen LogP contribution in [0.3, 0.4) is 0 Å². The molecular weight excluding hydrogens is 313 g/mol. The molecule has 2 bridgehead atoms. The van der Waals surface area contributed by atoms with Gasteiger partial charge < -0.3 is 25.8 Å². The van der Waals surface area contributed by atoms with E-state index in [1.54, 1.807) is 4.90 Å². The summed E-state index contributed by atoms with van der Waals surface area (Å²) in [5.41, 5.74) is 4.97. The maximum Gasteiger partial charge on any atom is 0.451 e. The van der Waals surface area contributed by atoms with Crippen LogP contribution in [-0.4, -0.2) is 69.8 Å². The number of carbonyl (C=O) groups is 2. The van der Waals surface area contributed by atoms with E-state index in [0.717, 1.165) is 0 Å². The summed E-state index contributed by atoms with van der Waals surface area (Å²) >= 11 is 0. The van der Waals surface area contributed by atoms with Crippen molar-refractivity contribution in [2.75, 3.05) is 13.1 Å². The normalized spacial score (nSPS) is 30.5. The van der Waals surface area contributed by atoms with Crippen LogP contribution in [0.2, 0.25) is 6.32 Å². The Bertz CT molecular complexity index is 490. The third kappa shape index (κ3) is 3.44. The minimum atomic E-state index is -1.40. The molecular formula is C15H28BN3O5. The number of carboxylic acid groups (broad SMARTS) is 1. The zero-order chi connectivity index (χ0) is 18.1. The minimum Gasteiger partial charge on any atom is -0.480 e. The lowest BCUT2D eigenvalue weighted by atomic mass is 9.72. The van der Waals surface area contributed by atoms with Crippen molar-refractivity contribution in [3.8, 4) is 0 Å². The molecule has 2 rings (SSSR count). The average molecular weight is 341 g/mol. The van der Waals surface area contributed by atoms with Crippen molar-refractivity contribution in [2.45, 2.75) is 57.1 Å². The highest BCUT2D eigenvalue weighted by molar-refractivity contribution is 6.40. The van der Waals surface area contributed by atoms with Gasteiger partial charge in [0.1, 0.15) is 5.54 Å². The fraction of sp³-hybridized carbons (Fsp3) is 0.867. The maximum atomic E-state index is 12.7. The molecule has 9 heteroatoms. The van der Waals surface area contributed by atoms with Crippen LogP contribution in [0.15, 0.2) is 0 Å². The van der Waals surface area contributed by atoms with Gasteiger partial charge in [0, 0.05) is 25.0 Å². The van der Waals surface area contributed by atoms with E-state index in [-0.39, 0.29) is 30.1 Å². The lowest BCUT2D eigenvalue weighted by Gasteiger charge is -2.44. The molecule has 0 aromatic rings. The molecule has 0 aliphatic carbocycles. The van der Waals surface area contributed by atoms with E-state index in [1.165, 1.54) is 0 Å². The molecule has 2 aliphatic rings. The number of nitrogens with one attached hydrogen (secondary N) is 1. The summed E-state index contributed by atoms with van der Waals surface area (Å²) in [4.78, 5) is 26.3. The van der Waals surface area contributed by atoms with Gasteiger partial charge in [0.05, 0.1) is 6.04 Å². The van der Waals surface area contributed by atoms with Gasteiger partial charge in [-0.05, 0) is 25.1 Å². The summed E-state index contributed by atoms with van der Waals surface area (Å²) in [6.45, 7) is 4.58. The number of nitrogens with two attached hydrogens (primary N) is 1. The molecule has 136 valence electrons. The highest BCUT2D eigenvalue weighted by Crippen LogP contribution is 2.41. The van der Waals surface area contributed by atoms with Crippen molar-refractivity contribution in [2.24, 2.45) is 17.6 Å². The van der Waals surface area contributed by atoms with Crippen LogP contribution in [0, 0.1) is 11.8 Å². The zero-order valence-corrected chi connectivity index (χ0v) is 14.3. The number of hydrogen-bond donors (Lipinski definition) is 5. The van der Waals surface area contributed by atoms with Crippen LogP contribution in [0.5, 0.6) is 0 Å². The summed E-state index contributed by atoms with van der Waals surface area (Å²) in [7, 11) is -1.40. The second kappa shape index (κ2) is 7.39. The Morgan fingerprint density at radius 3 is 2.62 bits per heavy atom. The second-order valence-electron chi connectivity index (χ2n) is 7.29. The molecule has 24 heavy (non-hydrogen) atoms. The van der Waals surface area contributed by atoms with Crippen molar-refractivity contribution in [1.29, 1.82) is 0 Å². The van der Waals surface area contributed by atoms with E-state index in [1.807, 2.05) is 13.8 Å². The Morgan fingerprint density at radius 1 is 1.42 bits per heavy atom. The van der Waals surface area contributed by atoms with Gasteiger partial charge in [-0.3, -0.25) is 14.9 Å². The monoisotopic (exact) mass is 341 g/mol. The lowest BCUT2D eigenvalue weighted by molar-refractivity contribution is -0.152.